The molecule has 0 aliphatic carbocycles. The van der Waals surface area contributed by atoms with Gasteiger partial charge < -0.3 is 9.84 Å². The Morgan fingerprint density at radius 2 is 1.81 bits per heavy atom. The largest absolute Gasteiger partial charge is 0.493 e. The number of aliphatic carboxylic acids is 1. The van der Waals surface area contributed by atoms with Crippen LogP contribution in [0.2, 0.25) is 0 Å². The lowest BCUT2D eigenvalue weighted by atomic mass is 9.86. The van der Waals surface area contributed by atoms with Crippen molar-refractivity contribution in [2.24, 2.45) is 0 Å². The van der Waals surface area contributed by atoms with Gasteiger partial charge in [0.25, 0.3) is 5.56 Å². The van der Waals surface area contributed by atoms with Gasteiger partial charge in [-0.05, 0) is 99.5 Å². The van der Waals surface area contributed by atoms with Crippen molar-refractivity contribution in [2.75, 3.05) is 6.61 Å². The number of carboxylic acids is 1. The Morgan fingerprint density at radius 3 is 2.50 bits per heavy atom. The molecule has 1 aliphatic heterocycles. The number of aryl methyl sites for hydroxylation is 3. The fraction of sp³-hybridized carbons (Fsp3) is 0.333. The maximum atomic E-state index is 13.5. The predicted octanol–water partition coefficient (Wildman–Crippen LogP) is 5.25. The van der Waals surface area contributed by atoms with E-state index in [0.29, 0.717) is 17.7 Å². The summed E-state index contributed by atoms with van der Waals surface area (Å²) in [5.74, 6) is -0.874. The van der Waals surface area contributed by atoms with Crippen molar-refractivity contribution < 1.29 is 14.6 Å². The molecule has 2 heterocycles. The molecule has 0 radical (unpaired) electrons. The van der Waals surface area contributed by atoms with E-state index < -0.39 is 11.9 Å². The van der Waals surface area contributed by atoms with E-state index in [-0.39, 0.29) is 5.56 Å². The Kier molecular flexibility index (Phi) is 5.68. The molecular formula is C27H29NO4. The fourth-order valence-corrected chi connectivity index (χ4v) is 4.65. The minimum atomic E-state index is -0.946. The molecule has 5 heteroatoms. The summed E-state index contributed by atoms with van der Waals surface area (Å²) < 4.78 is 7.48. The Balaban J connectivity index is 2.06. The third-order valence-electron chi connectivity index (χ3n) is 6.64. The summed E-state index contributed by atoms with van der Waals surface area (Å²) >= 11 is 0. The van der Waals surface area contributed by atoms with Crippen LogP contribution in [0.5, 0.6) is 5.75 Å². The van der Waals surface area contributed by atoms with Gasteiger partial charge in [0.05, 0.1) is 12.5 Å². The maximum absolute atomic E-state index is 13.5. The molecule has 1 N–H and O–H groups in total. The number of rotatable bonds is 4. The molecule has 0 spiro atoms. The van der Waals surface area contributed by atoms with Gasteiger partial charge in [-0.25, -0.2) is 0 Å². The number of fused-ring (bicyclic) bond motifs is 1. The highest BCUT2D eigenvalue weighted by Crippen LogP contribution is 2.37. The normalized spacial score (nSPS) is 13.9. The molecule has 0 amide bonds. The Hall–Kier alpha value is -3.34. The van der Waals surface area contributed by atoms with Crippen molar-refractivity contribution in [3.63, 3.8) is 0 Å². The van der Waals surface area contributed by atoms with Gasteiger partial charge in [-0.15, -0.1) is 0 Å². The number of hydrogen-bond donors (Lipinski definition) is 1. The van der Waals surface area contributed by atoms with E-state index in [1.165, 1.54) is 0 Å². The van der Waals surface area contributed by atoms with Gasteiger partial charge in [0, 0.05) is 22.5 Å². The van der Waals surface area contributed by atoms with Gasteiger partial charge in [-0.3, -0.25) is 14.2 Å². The molecule has 4 rings (SSSR count). The first kappa shape index (κ1) is 21.9. The highest BCUT2D eigenvalue weighted by molar-refractivity contribution is 5.83. The zero-order valence-electron chi connectivity index (χ0n) is 19.3. The lowest BCUT2D eigenvalue weighted by Gasteiger charge is -2.24. The topological polar surface area (TPSA) is 68.5 Å². The van der Waals surface area contributed by atoms with Crippen LogP contribution in [0.15, 0.2) is 41.2 Å². The molecule has 1 aromatic heterocycles. The highest BCUT2D eigenvalue weighted by atomic mass is 16.5. The van der Waals surface area contributed by atoms with E-state index in [4.69, 9.17) is 4.74 Å². The molecule has 2 aromatic carbocycles. The fourth-order valence-electron chi connectivity index (χ4n) is 4.65. The number of benzene rings is 2. The maximum Gasteiger partial charge on any atom is 0.310 e. The van der Waals surface area contributed by atoms with Crippen LogP contribution in [0.3, 0.4) is 0 Å². The minimum absolute atomic E-state index is 0.182. The van der Waals surface area contributed by atoms with Crippen molar-refractivity contribution >= 4 is 5.97 Å². The molecule has 1 unspecified atom stereocenters. The zero-order chi connectivity index (χ0) is 23.2. The van der Waals surface area contributed by atoms with Crippen molar-refractivity contribution in [1.29, 1.82) is 0 Å². The number of carboxylic acid groups (broad SMARTS) is 1. The number of carbonyl (C=O) groups is 1. The van der Waals surface area contributed by atoms with Gasteiger partial charge in [0.2, 0.25) is 0 Å². The molecule has 3 aromatic rings. The highest BCUT2D eigenvalue weighted by Gasteiger charge is 2.27. The Morgan fingerprint density at radius 1 is 1.06 bits per heavy atom. The summed E-state index contributed by atoms with van der Waals surface area (Å²) in [7, 11) is 0. The van der Waals surface area contributed by atoms with Gasteiger partial charge in [-0.2, -0.15) is 0 Å². The third kappa shape index (κ3) is 3.62. The van der Waals surface area contributed by atoms with Crippen molar-refractivity contribution in [3.05, 3.63) is 80.3 Å². The van der Waals surface area contributed by atoms with Crippen LogP contribution in [0.4, 0.5) is 0 Å². The van der Waals surface area contributed by atoms with E-state index in [9.17, 15) is 14.7 Å². The second kappa shape index (κ2) is 8.30. The van der Waals surface area contributed by atoms with Crippen LogP contribution in [-0.2, 0) is 11.2 Å². The first-order valence-electron chi connectivity index (χ1n) is 11.0. The number of nitrogens with zero attached hydrogens (tertiary/aromatic N) is 1. The molecular weight excluding hydrogens is 402 g/mol. The first-order chi connectivity index (χ1) is 15.2. The van der Waals surface area contributed by atoms with E-state index in [2.05, 4.69) is 6.07 Å². The average molecular weight is 432 g/mol. The molecule has 0 saturated heterocycles. The Bertz CT molecular complexity index is 1290. The van der Waals surface area contributed by atoms with Gasteiger partial charge in [0.15, 0.2) is 0 Å². The molecule has 32 heavy (non-hydrogen) atoms. The lowest BCUT2D eigenvalue weighted by molar-refractivity contribution is -0.138. The summed E-state index contributed by atoms with van der Waals surface area (Å²) in [6.45, 7) is 10.1. The third-order valence-corrected chi connectivity index (χ3v) is 6.64. The summed E-state index contributed by atoms with van der Waals surface area (Å²) in [6.07, 6.45) is 1.87. The average Bonchev–Trinajstić information content (AvgIpc) is 2.77. The quantitative estimate of drug-likeness (QED) is 0.612. The molecule has 0 saturated carbocycles. The molecule has 166 valence electrons. The number of aromatic nitrogens is 1. The molecule has 0 fully saturated rings. The van der Waals surface area contributed by atoms with Crippen LogP contribution in [-0.4, -0.2) is 22.2 Å². The Labute approximate surface area is 188 Å². The number of ether oxygens (including phenoxy) is 1. The van der Waals surface area contributed by atoms with Crippen LogP contribution in [0.25, 0.3) is 16.8 Å². The van der Waals surface area contributed by atoms with Gasteiger partial charge in [-0.1, -0.05) is 12.1 Å². The molecule has 1 aliphatic rings. The van der Waals surface area contributed by atoms with Crippen molar-refractivity contribution in [1.82, 2.24) is 4.57 Å². The first-order valence-corrected chi connectivity index (χ1v) is 11.0. The summed E-state index contributed by atoms with van der Waals surface area (Å²) in [5, 5.41) is 9.83. The van der Waals surface area contributed by atoms with E-state index in [0.717, 1.165) is 57.8 Å². The van der Waals surface area contributed by atoms with E-state index in [1.807, 2.05) is 51.1 Å². The van der Waals surface area contributed by atoms with Crippen LogP contribution in [0.1, 0.15) is 52.8 Å². The van der Waals surface area contributed by atoms with Crippen molar-refractivity contribution in [2.45, 2.75) is 53.4 Å². The second-order valence-electron chi connectivity index (χ2n) is 8.74. The second-order valence-corrected chi connectivity index (χ2v) is 8.74. The van der Waals surface area contributed by atoms with Gasteiger partial charge >= 0.3 is 5.97 Å². The number of pyridine rings is 1. The zero-order valence-corrected chi connectivity index (χ0v) is 19.3. The van der Waals surface area contributed by atoms with E-state index >= 15 is 0 Å². The predicted molar refractivity (Wildman–Crippen MR) is 126 cm³/mol. The number of hydrogen-bond acceptors (Lipinski definition) is 3. The standard InChI is InChI=1S/C27H29NO4/c1-15-8-10-22(13-16(15)2)28-19(5)25(24(17(3)26(28)29)18(4)27(30)31)21-9-11-23-20(14-21)7-6-12-32-23/h8-11,13-14,18H,6-7,12H2,1-5H3,(H,30,31). The summed E-state index contributed by atoms with van der Waals surface area (Å²) in [6, 6.07) is 12.0. The molecule has 1 atom stereocenters. The molecule has 0 bridgehead atoms. The summed E-state index contributed by atoms with van der Waals surface area (Å²) in [4.78, 5) is 25.5. The van der Waals surface area contributed by atoms with Crippen LogP contribution < -0.4 is 10.3 Å². The van der Waals surface area contributed by atoms with Crippen molar-refractivity contribution in [3.8, 4) is 22.6 Å². The van der Waals surface area contributed by atoms with Crippen LogP contribution in [0, 0.1) is 27.7 Å². The SMILES string of the molecule is Cc1ccc(-n2c(C)c(-c3ccc4c(c3)CCCO4)c(C(C)C(=O)O)c(C)c2=O)cc1C. The molecule has 5 nitrogen and oxygen atoms in total. The lowest BCUT2D eigenvalue weighted by Crippen LogP contribution is -2.28. The monoisotopic (exact) mass is 431 g/mol. The minimum Gasteiger partial charge on any atom is -0.493 e. The van der Waals surface area contributed by atoms with Crippen LogP contribution >= 0.6 is 0 Å². The van der Waals surface area contributed by atoms with E-state index in [1.54, 1.807) is 18.4 Å². The van der Waals surface area contributed by atoms with Gasteiger partial charge in [0.1, 0.15) is 5.75 Å². The smallest absolute Gasteiger partial charge is 0.310 e. The summed E-state index contributed by atoms with van der Waals surface area (Å²) in [5.41, 5.74) is 7.48.